The van der Waals surface area contributed by atoms with Crippen molar-refractivity contribution >= 4 is 11.4 Å². The van der Waals surface area contributed by atoms with Crippen LogP contribution < -0.4 is 0 Å². The molecule has 27 heavy (non-hydrogen) atoms. The van der Waals surface area contributed by atoms with Crippen molar-refractivity contribution in [2.24, 2.45) is 5.92 Å². The monoisotopic (exact) mass is 360 g/mol. The van der Waals surface area contributed by atoms with Crippen molar-refractivity contribution in [2.75, 3.05) is 0 Å². The van der Waals surface area contributed by atoms with E-state index in [-0.39, 0.29) is 11.7 Å². The quantitative estimate of drug-likeness (QED) is 0.665. The van der Waals surface area contributed by atoms with Gasteiger partial charge in [-0.15, -0.1) is 0 Å². The highest BCUT2D eigenvalue weighted by Crippen LogP contribution is 2.39. The molecule has 2 aromatic heterocycles. The first kappa shape index (κ1) is 16.6. The number of hydrogen-bond donors (Lipinski definition) is 0. The minimum atomic E-state index is 0.0976. The SMILES string of the molecule is O=C(c1cnc2cnccn12)C1CC2CCCC(C1)N2Cc1ccccc1. The average Bonchev–Trinajstić information content (AvgIpc) is 3.12. The first-order valence-electron chi connectivity index (χ1n) is 9.90. The Labute approximate surface area is 159 Å². The Hall–Kier alpha value is -2.53. The Bertz CT molecular complexity index is 937. The third-order valence-electron chi connectivity index (χ3n) is 6.27. The zero-order valence-corrected chi connectivity index (χ0v) is 15.4. The largest absolute Gasteiger partial charge is 0.294 e. The molecule has 4 heterocycles. The van der Waals surface area contributed by atoms with Gasteiger partial charge in [-0.2, -0.15) is 0 Å². The zero-order valence-electron chi connectivity index (χ0n) is 15.4. The van der Waals surface area contributed by atoms with Crippen molar-refractivity contribution < 1.29 is 4.79 Å². The molecule has 5 nitrogen and oxygen atoms in total. The fraction of sp³-hybridized carbons (Fsp3) is 0.409. The lowest BCUT2D eigenvalue weighted by molar-refractivity contribution is 0.00889. The summed E-state index contributed by atoms with van der Waals surface area (Å²) in [5.41, 5.74) is 2.81. The lowest BCUT2D eigenvalue weighted by Crippen LogP contribution is -2.52. The molecule has 2 aliphatic rings. The number of carbonyl (C=O) groups is 1. The predicted octanol–water partition coefficient (Wildman–Crippen LogP) is 3.75. The summed E-state index contributed by atoms with van der Waals surface area (Å²) in [6, 6.07) is 11.7. The van der Waals surface area contributed by atoms with Gasteiger partial charge in [0.15, 0.2) is 11.4 Å². The Kier molecular flexibility index (Phi) is 4.24. The molecule has 2 bridgehead atoms. The maximum Gasteiger partial charge on any atom is 0.184 e. The topological polar surface area (TPSA) is 50.5 Å². The smallest absolute Gasteiger partial charge is 0.184 e. The van der Waals surface area contributed by atoms with Crippen molar-refractivity contribution in [2.45, 2.75) is 50.7 Å². The van der Waals surface area contributed by atoms with E-state index in [4.69, 9.17) is 0 Å². The van der Waals surface area contributed by atoms with Crippen LogP contribution in [0.2, 0.25) is 0 Å². The van der Waals surface area contributed by atoms with Gasteiger partial charge in [0.1, 0.15) is 5.69 Å². The van der Waals surface area contributed by atoms with Crippen molar-refractivity contribution in [3.8, 4) is 0 Å². The molecule has 2 fully saturated rings. The number of nitrogens with zero attached hydrogens (tertiary/aromatic N) is 4. The Morgan fingerprint density at radius 1 is 1.07 bits per heavy atom. The molecule has 0 amide bonds. The van der Waals surface area contributed by atoms with E-state index in [1.54, 1.807) is 18.6 Å². The highest BCUT2D eigenvalue weighted by molar-refractivity contribution is 5.97. The Balaban J connectivity index is 1.37. The summed E-state index contributed by atoms with van der Waals surface area (Å²) in [6.45, 7) is 0.998. The normalized spacial score (nSPS) is 25.6. The number of aromatic nitrogens is 3. The molecule has 0 spiro atoms. The van der Waals surface area contributed by atoms with Crippen LogP contribution in [-0.4, -0.2) is 37.1 Å². The number of ketones is 1. The molecule has 1 aromatic carbocycles. The number of piperidine rings is 2. The summed E-state index contributed by atoms with van der Waals surface area (Å²) < 4.78 is 1.88. The molecule has 3 aromatic rings. The minimum Gasteiger partial charge on any atom is -0.294 e. The van der Waals surface area contributed by atoms with Crippen LogP contribution in [0.15, 0.2) is 55.1 Å². The van der Waals surface area contributed by atoms with Crippen LogP contribution in [0.1, 0.15) is 48.2 Å². The number of rotatable bonds is 4. The number of carbonyl (C=O) groups excluding carboxylic acids is 1. The number of Topliss-reactive ketones (excluding diaryl/α,β-unsaturated/α-hetero) is 1. The molecule has 0 aliphatic carbocycles. The molecule has 5 heteroatoms. The maximum absolute atomic E-state index is 13.3. The van der Waals surface area contributed by atoms with E-state index < -0.39 is 0 Å². The second kappa shape index (κ2) is 6.89. The summed E-state index contributed by atoms with van der Waals surface area (Å²) >= 11 is 0. The van der Waals surface area contributed by atoms with Crippen LogP contribution in [0, 0.1) is 5.92 Å². The predicted molar refractivity (Wildman–Crippen MR) is 103 cm³/mol. The van der Waals surface area contributed by atoms with Gasteiger partial charge in [0.25, 0.3) is 0 Å². The van der Waals surface area contributed by atoms with Gasteiger partial charge in [-0.1, -0.05) is 36.8 Å². The van der Waals surface area contributed by atoms with Crippen molar-refractivity contribution in [1.82, 2.24) is 19.3 Å². The van der Waals surface area contributed by atoms with E-state index in [1.165, 1.54) is 24.8 Å². The van der Waals surface area contributed by atoms with Crippen molar-refractivity contribution in [3.63, 3.8) is 0 Å². The molecule has 0 radical (unpaired) electrons. The van der Waals surface area contributed by atoms with E-state index in [0.29, 0.717) is 17.8 Å². The molecule has 2 saturated heterocycles. The highest BCUT2D eigenvalue weighted by atomic mass is 16.1. The summed E-state index contributed by atoms with van der Waals surface area (Å²) in [6.07, 6.45) is 12.6. The van der Waals surface area contributed by atoms with Crippen molar-refractivity contribution in [3.05, 3.63) is 66.4 Å². The number of benzene rings is 1. The summed E-state index contributed by atoms with van der Waals surface area (Å²) in [7, 11) is 0. The lowest BCUT2D eigenvalue weighted by atomic mass is 9.76. The molecule has 0 N–H and O–H groups in total. The standard InChI is InChI=1S/C22H24N4O/c27-22(20-13-24-21-14-23-9-10-25(20)21)17-11-18-7-4-8-19(12-17)26(18)15-16-5-2-1-3-6-16/h1-3,5-6,9-10,13-14,17-19H,4,7-8,11-12,15H2. The van der Waals surface area contributed by atoms with Gasteiger partial charge in [0, 0.05) is 36.9 Å². The maximum atomic E-state index is 13.3. The van der Waals surface area contributed by atoms with Crippen LogP contribution in [0.4, 0.5) is 0 Å². The summed E-state index contributed by atoms with van der Waals surface area (Å²) in [4.78, 5) is 24.4. The van der Waals surface area contributed by atoms with Crippen molar-refractivity contribution in [1.29, 1.82) is 0 Å². The number of imidazole rings is 1. The summed E-state index contributed by atoms with van der Waals surface area (Å²) in [5.74, 6) is 0.338. The first-order chi connectivity index (χ1) is 13.3. The molecule has 2 aliphatic heterocycles. The summed E-state index contributed by atoms with van der Waals surface area (Å²) in [5, 5.41) is 0. The fourth-order valence-electron chi connectivity index (χ4n) is 4.98. The molecule has 2 atom stereocenters. The van der Waals surface area contributed by atoms with Crippen LogP contribution in [0.25, 0.3) is 5.65 Å². The third kappa shape index (κ3) is 3.06. The van der Waals surface area contributed by atoms with E-state index in [1.807, 2.05) is 10.6 Å². The second-order valence-corrected chi connectivity index (χ2v) is 7.88. The number of fused-ring (bicyclic) bond motifs is 3. The highest BCUT2D eigenvalue weighted by Gasteiger charge is 2.41. The molecule has 2 unspecified atom stereocenters. The van der Waals surface area contributed by atoms with E-state index in [0.717, 1.165) is 25.0 Å². The van der Waals surface area contributed by atoms with Gasteiger partial charge < -0.3 is 0 Å². The van der Waals surface area contributed by atoms with Crippen LogP contribution >= 0.6 is 0 Å². The molecule has 138 valence electrons. The van der Waals surface area contributed by atoms with Gasteiger partial charge in [-0.3, -0.25) is 19.1 Å². The Morgan fingerprint density at radius 2 is 1.85 bits per heavy atom. The fourth-order valence-corrected chi connectivity index (χ4v) is 4.98. The van der Waals surface area contributed by atoms with E-state index >= 15 is 0 Å². The van der Waals surface area contributed by atoms with Gasteiger partial charge in [0.05, 0.1) is 12.4 Å². The molecular formula is C22H24N4O. The van der Waals surface area contributed by atoms with Gasteiger partial charge in [-0.25, -0.2) is 4.98 Å². The van der Waals surface area contributed by atoms with Gasteiger partial charge in [0.2, 0.25) is 0 Å². The van der Waals surface area contributed by atoms with Crippen LogP contribution in [0.3, 0.4) is 0 Å². The first-order valence-corrected chi connectivity index (χ1v) is 9.90. The van der Waals surface area contributed by atoms with Crippen LogP contribution in [-0.2, 0) is 6.54 Å². The molecular weight excluding hydrogens is 336 g/mol. The molecule has 5 rings (SSSR count). The minimum absolute atomic E-state index is 0.0976. The lowest BCUT2D eigenvalue weighted by Gasteiger charge is -2.48. The average molecular weight is 360 g/mol. The van der Waals surface area contributed by atoms with Gasteiger partial charge >= 0.3 is 0 Å². The van der Waals surface area contributed by atoms with Gasteiger partial charge in [-0.05, 0) is 31.2 Å². The third-order valence-corrected chi connectivity index (χ3v) is 6.27. The second-order valence-electron chi connectivity index (χ2n) is 7.88. The van der Waals surface area contributed by atoms with E-state index in [9.17, 15) is 4.79 Å². The number of hydrogen-bond acceptors (Lipinski definition) is 4. The van der Waals surface area contributed by atoms with E-state index in [2.05, 4.69) is 45.2 Å². The molecule has 0 saturated carbocycles. The Morgan fingerprint density at radius 3 is 2.63 bits per heavy atom. The zero-order chi connectivity index (χ0) is 18.2. The van der Waals surface area contributed by atoms with Crippen LogP contribution in [0.5, 0.6) is 0 Å².